The van der Waals surface area contributed by atoms with E-state index in [0.717, 1.165) is 12.8 Å². The van der Waals surface area contributed by atoms with Crippen LogP contribution in [-0.4, -0.2) is 38.6 Å². The number of carbonyl (C=O) groups is 2. The van der Waals surface area contributed by atoms with Gasteiger partial charge in [-0.15, -0.1) is 0 Å². The average Bonchev–Trinajstić information content (AvgIpc) is 3.41. The van der Waals surface area contributed by atoms with Crippen molar-refractivity contribution in [2.75, 3.05) is 12.4 Å². The first-order valence-electron chi connectivity index (χ1n) is 10.4. The lowest BCUT2D eigenvalue weighted by atomic mass is 10.0. The lowest BCUT2D eigenvalue weighted by Crippen LogP contribution is -2.21. The van der Waals surface area contributed by atoms with Gasteiger partial charge < -0.3 is 10.6 Å². The molecule has 9 heteroatoms. The summed E-state index contributed by atoms with van der Waals surface area (Å²) in [6, 6.07) is 4.88. The van der Waals surface area contributed by atoms with Gasteiger partial charge in [0.2, 0.25) is 5.91 Å². The molecule has 2 N–H and O–H groups in total. The molecular formula is C23H21FN6O2. The summed E-state index contributed by atoms with van der Waals surface area (Å²) in [4.78, 5) is 33.1. The van der Waals surface area contributed by atoms with Gasteiger partial charge in [-0.2, -0.15) is 5.10 Å². The number of amides is 2. The minimum atomic E-state index is -0.408. The molecule has 2 aromatic heterocycles. The Hall–Kier alpha value is -3.88. The first kappa shape index (κ1) is 20.0. The third kappa shape index (κ3) is 3.45. The number of anilines is 1. The van der Waals surface area contributed by atoms with Crippen LogP contribution in [0.25, 0.3) is 17.3 Å². The monoisotopic (exact) mass is 432 g/mol. The fourth-order valence-corrected chi connectivity index (χ4v) is 3.94. The highest BCUT2D eigenvalue weighted by atomic mass is 19.1. The summed E-state index contributed by atoms with van der Waals surface area (Å²) in [5.74, 6) is 0.330. The van der Waals surface area contributed by atoms with Crippen LogP contribution >= 0.6 is 0 Å². The molecule has 1 fully saturated rings. The fourth-order valence-electron chi connectivity index (χ4n) is 3.94. The Morgan fingerprint density at radius 2 is 2.03 bits per heavy atom. The number of allylic oxidation sites excluding steroid dienone is 1. The van der Waals surface area contributed by atoms with Crippen molar-refractivity contribution < 1.29 is 14.0 Å². The van der Waals surface area contributed by atoms with E-state index in [2.05, 4.69) is 25.7 Å². The predicted octanol–water partition coefficient (Wildman–Crippen LogP) is 2.91. The molecule has 0 bridgehead atoms. The zero-order valence-electron chi connectivity index (χ0n) is 17.6. The van der Waals surface area contributed by atoms with Crippen molar-refractivity contribution in [1.82, 2.24) is 25.1 Å². The molecule has 162 valence electrons. The number of nitrogens with zero attached hydrogens (tertiary/aromatic N) is 4. The third-order valence-corrected chi connectivity index (χ3v) is 5.83. The van der Waals surface area contributed by atoms with Gasteiger partial charge >= 0.3 is 0 Å². The zero-order valence-corrected chi connectivity index (χ0v) is 17.6. The molecule has 1 aromatic carbocycles. The second kappa shape index (κ2) is 7.67. The Labute approximate surface area is 183 Å². The summed E-state index contributed by atoms with van der Waals surface area (Å²) < 4.78 is 16.7. The number of aromatic nitrogens is 4. The van der Waals surface area contributed by atoms with Gasteiger partial charge in [-0.3, -0.25) is 9.59 Å². The highest BCUT2D eigenvalue weighted by Gasteiger charge is 2.32. The maximum atomic E-state index is 15.1. The second-order valence-corrected chi connectivity index (χ2v) is 7.98. The number of benzene rings is 1. The van der Waals surface area contributed by atoms with E-state index in [-0.39, 0.29) is 17.7 Å². The van der Waals surface area contributed by atoms with Crippen molar-refractivity contribution in [2.45, 2.75) is 26.2 Å². The molecule has 8 nitrogen and oxygen atoms in total. The molecule has 2 amide bonds. The van der Waals surface area contributed by atoms with Crippen molar-refractivity contribution >= 4 is 29.3 Å². The molecule has 1 saturated carbocycles. The molecule has 0 atom stereocenters. The third-order valence-electron chi connectivity index (χ3n) is 5.83. The summed E-state index contributed by atoms with van der Waals surface area (Å²) in [5.41, 5.74) is 3.45. The van der Waals surface area contributed by atoms with Gasteiger partial charge in [0.1, 0.15) is 23.8 Å². The Kier molecular flexibility index (Phi) is 4.80. The van der Waals surface area contributed by atoms with Gasteiger partial charge in [0.25, 0.3) is 5.91 Å². The Balaban J connectivity index is 1.52. The second-order valence-electron chi connectivity index (χ2n) is 7.98. The number of hydrogen-bond donors (Lipinski definition) is 2. The molecular weight excluding hydrogens is 411 g/mol. The van der Waals surface area contributed by atoms with E-state index in [0.29, 0.717) is 51.6 Å². The summed E-state index contributed by atoms with van der Waals surface area (Å²) in [6.07, 6.45) is 6.77. The maximum Gasteiger partial charge on any atom is 0.253 e. The molecule has 0 aliphatic heterocycles. The minimum absolute atomic E-state index is 0.0186. The molecule has 0 unspecified atom stereocenters. The number of pyridine rings is 1. The van der Waals surface area contributed by atoms with E-state index in [1.165, 1.54) is 18.6 Å². The van der Waals surface area contributed by atoms with Crippen LogP contribution in [0.4, 0.5) is 10.2 Å². The Morgan fingerprint density at radius 1 is 1.22 bits per heavy atom. The number of nitrogens with one attached hydrogen (secondary N) is 2. The molecule has 2 heterocycles. The van der Waals surface area contributed by atoms with E-state index in [1.807, 2.05) is 0 Å². The van der Waals surface area contributed by atoms with Gasteiger partial charge in [-0.25, -0.2) is 19.0 Å². The molecule has 0 saturated heterocycles. The largest absolute Gasteiger partial charge is 0.355 e. The van der Waals surface area contributed by atoms with Gasteiger partial charge in [-0.1, -0.05) is 0 Å². The van der Waals surface area contributed by atoms with E-state index in [9.17, 15) is 9.59 Å². The summed E-state index contributed by atoms with van der Waals surface area (Å²) in [5, 5.41) is 9.61. The molecule has 2 aliphatic rings. The Morgan fingerprint density at radius 3 is 2.69 bits per heavy atom. The van der Waals surface area contributed by atoms with Crippen molar-refractivity contribution in [3.63, 3.8) is 0 Å². The van der Waals surface area contributed by atoms with Crippen LogP contribution in [0.5, 0.6) is 0 Å². The van der Waals surface area contributed by atoms with Gasteiger partial charge in [0.05, 0.1) is 11.3 Å². The number of carbonyl (C=O) groups excluding carboxylic acids is 2. The van der Waals surface area contributed by atoms with Crippen molar-refractivity contribution in [1.29, 1.82) is 0 Å². The van der Waals surface area contributed by atoms with Crippen LogP contribution < -0.4 is 10.6 Å². The number of rotatable bonds is 5. The quantitative estimate of drug-likeness (QED) is 0.646. The number of hydrogen-bond acceptors (Lipinski definition) is 5. The molecule has 0 radical (unpaired) electrons. The summed E-state index contributed by atoms with van der Waals surface area (Å²) in [7, 11) is 1.54. The SMILES string of the molecule is CNC(=O)c1cnc(NC(=O)C2CC2)c2c1C=C(c1ccc(-n3ncnc3C)cc1F)C2. The lowest BCUT2D eigenvalue weighted by Gasteiger charge is -2.12. The van der Waals surface area contributed by atoms with Crippen molar-refractivity contribution in [2.24, 2.45) is 5.92 Å². The van der Waals surface area contributed by atoms with E-state index in [1.54, 1.807) is 36.9 Å². The molecule has 0 spiro atoms. The molecule has 2 aliphatic carbocycles. The average molecular weight is 432 g/mol. The van der Waals surface area contributed by atoms with Crippen LogP contribution in [0, 0.1) is 18.7 Å². The summed E-state index contributed by atoms with van der Waals surface area (Å²) in [6.45, 7) is 1.79. The first-order chi connectivity index (χ1) is 15.5. The normalized spacial score (nSPS) is 14.7. The highest BCUT2D eigenvalue weighted by molar-refractivity contribution is 6.04. The van der Waals surface area contributed by atoms with Crippen molar-refractivity contribution in [3.05, 3.63) is 64.6 Å². The van der Waals surface area contributed by atoms with Crippen LogP contribution in [0.1, 0.15) is 45.7 Å². The number of fused-ring (bicyclic) bond motifs is 1. The Bertz CT molecular complexity index is 1290. The maximum absolute atomic E-state index is 15.1. The van der Waals surface area contributed by atoms with Gasteiger partial charge in [-0.05, 0) is 49.1 Å². The smallest absolute Gasteiger partial charge is 0.253 e. The fraction of sp³-hybridized carbons (Fsp3) is 0.261. The standard InChI is InChI=1S/C23H21FN6O2/c1-12-27-11-28-30(12)15-5-6-16(20(24)9-15)14-7-17-18(8-14)21(29-22(31)13-3-4-13)26-10-19(17)23(32)25-2/h5-7,9-11,13H,3-4,8H2,1-2H3,(H,25,32)(H,26,29,31). The summed E-state index contributed by atoms with van der Waals surface area (Å²) >= 11 is 0. The molecule has 32 heavy (non-hydrogen) atoms. The topological polar surface area (TPSA) is 102 Å². The molecule has 5 rings (SSSR count). The van der Waals surface area contributed by atoms with Gasteiger partial charge in [0.15, 0.2) is 0 Å². The van der Waals surface area contributed by atoms with Crippen LogP contribution in [0.2, 0.25) is 0 Å². The highest BCUT2D eigenvalue weighted by Crippen LogP contribution is 2.39. The lowest BCUT2D eigenvalue weighted by molar-refractivity contribution is -0.117. The molecule has 3 aromatic rings. The zero-order chi connectivity index (χ0) is 22.4. The first-order valence-corrected chi connectivity index (χ1v) is 10.4. The predicted molar refractivity (Wildman–Crippen MR) is 117 cm³/mol. The minimum Gasteiger partial charge on any atom is -0.355 e. The van der Waals surface area contributed by atoms with Gasteiger partial charge in [0, 0.05) is 42.8 Å². The van der Waals surface area contributed by atoms with E-state index < -0.39 is 5.82 Å². The number of aryl methyl sites for hydroxylation is 1. The van der Waals surface area contributed by atoms with Crippen molar-refractivity contribution in [3.8, 4) is 5.69 Å². The van der Waals surface area contributed by atoms with E-state index in [4.69, 9.17) is 0 Å². The number of halogens is 1. The van der Waals surface area contributed by atoms with Crippen LogP contribution in [-0.2, 0) is 11.2 Å². The van der Waals surface area contributed by atoms with Crippen LogP contribution in [0.3, 0.4) is 0 Å². The van der Waals surface area contributed by atoms with Crippen LogP contribution in [0.15, 0.2) is 30.7 Å². The van der Waals surface area contributed by atoms with E-state index >= 15 is 4.39 Å².